The average Bonchev–Trinajstić information content (AvgIpc) is 3.74. The quantitative estimate of drug-likeness (QED) is 0.178. The first kappa shape index (κ1) is 32.3. The van der Waals surface area contributed by atoms with Crippen LogP contribution in [0.15, 0.2) is 186 Å². The molecule has 0 spiro atoms. The fourth-order valence-electron chi connectivity index (χ4n) is 8.83. The number of para-hydroxylation sites is 1. The van der Waals surface area contributed by atoms with Gasteiger partial charge in [0.25, 0.3) is 0 Å². The highest BCUT2D eigenvalue weighted by Gasteiger charge is 2.37. The van der Waals surface area contributed by atoms with E-state index >= 15 is 0 Å². The van der Waals surface area contributed by atoms with Gasteiger partial charge in [0.1, 0.15) is 11.2 Å². The predicted octanol–water partition coefficient (Wildman–Crippen LogP) is 14.2. The molecule has 10 aromatic rings. The molecule has 3 heteroatoms. The first-order valence-electron chi connectivity index (χ1n) is 19.2. The van der Waals surface area contributed by atoms with Gasteiger partial charge in [-0.1, -0.05) is 159 Å². The molecule has 0 saturated heterocycles. The molecule has 0 aliphatic heterocycles. The van der Waals surface area contributed by atoms with Gasteiger partial charge in [-0.2, -0.15) is 0 Å². The molecule has 0 unspecified atom stereocenters. The van der Waals surface area contributed by atoms with Crippen LogP contribution in [0.3, 0.4) is 0 Å². The summed E-state index contributed by atoms with van der Waals surface area (Å²) in [7, 11) is 0. The van der Waals surface area contributed by atoms with Gasteiger partial charge in [-0.05, 0) is 91.7 Å². The van der Waals surface area contributed by atoms with Crippen molar-refractivity contribution in [1.29, 1.82) is 0 Å². The molecule has 1 aliphatic rings. The molecular weight excluding hydrogens is 681 g/mol. The zero-order chi connectivity index (χ0) is 37.4. The van der Waals surface area contributed by atoms with Gasteiger partial charge in [-0.15, -0.1) is 0 Å². The van der Waals surface area contributed by atoms with Crippen LogP contribution in [-0.4, -0.2) is 9.97 Å². The molecule has 2 aromatic heterocycles. The van der Waals surface area contributed by atoms with Crippen LogP contribution in [0.5, 0.6) is 0 Å². The van der Waals surface area contributed by atoms with Crippen LogP contribution < -0.4 is 0 Å². The van der Waals surface area contributed by atoms with Crippen LogP contribution >= 0.6 is 0 Å². The molecule has 0 fully saturated rings. The number of furan rings is 1. The fourth-order valence-corrected chi connectivity index (χ4v) is 8.83. The standard InChI is InChI=1S/C53H36N2O/c1-53(2)45-21-12-20-42(51(45)44-30-36-15-6-7-16-37(36)31-46(44)53)48-32-47(54-52(55-48)35-13-4-3-5-14-35)40-18-9-8-17-39(40)34-25-23-33(24-26-34)38-27-28-50-43(29-38)41-19-10-11-22-49(41)56-50/h3-32H,1-2H3. The van der Waals surface area contributed by atoms with Crippen molar-refractivity contribution in [3.8, 4) is 67.3 Å². The maximum atomic E-state index is 6.10. The Kier molecular flexibility index (Phi) is 7.20. The Morgan fingerprint density at radius 3 is 1.84 bits per heavy atom. The number of hydrogen-bond donors (Lipinski definition) is 0. The van der Waals surface area contributed by atoms with E-state index in [-0.39, 0.29) is 5.41 Å². The second kappa shape index (κ2) is 12.5. The Balaban J connectivity index is 1.05. The highest BCUT2D eigenvalue weighted by molar-refractivity contribution is 6.06. The van der Waals surface area contributed by atoms with Gasteiger partial charge in [0.15, 0.2) is 5.82 Å². The molecule has 8 aromatic carbocycles. The van der Waals surface area contributed by atoms with E-state index in [4.69, 9.17) is 14.4 Å². The molecule has 0 atom stereocenters. The molecule has 0 amide bonds. The molecule has 0 bridgehead atoms. The normalized spacial score (nSPS) is 13.0. The molecule has 0 N–H and O–H groups in total. The predicted molar refractivity (Wildman–Crippen MR) is 232 cm³/mol. The highest BCUT2D eigenvalue weighted by atomic mass is 16.3. The minimum atomic E-state index is -0.153. The lowest BCUT2D eigenvalue weighted by Gasteiger charge is -2.22. The molecule has 2 heterocycles. The maximum Gasteiger partial charge on any atom is 0.160 e. The summed E-state index contributed by atoms with van der Waals surface area (Å²) >= 11 is 0. The molecule has 56 heavy (non-hydrogen) atoms. The Morgan fingerprint density at radius 1 is 0.393 bits per heavy atom. The number of hydrogen-bond acceptors (Lipinski definition) is 3. The summed E-state index contributed by atoms with van der Waals surface area (Å²) in [4.78, 5) is 10.6. The fraction of sp³-hybridized carbons (Fsp3) is 0.0566. The Labute approximate surface area is 325 Å². The lowest BCUT2D eigenvalue weighted by atomic mass is 9.81. The number of benzene rings is 8. The molecular formula is C53H36N2O. The molecule has 264 valence electrons. The third-order valence-corrected chi connectivity index (χ3v) is 11.7. The summed E-state index contributed by atoms with van der Waals surface area (Å²) in [6, 6.07) is 64.8. The molecule has 0 saturated carbocycles. The molecule has 11 rings (SSSR count). The largest absolute Gasteiger partial charge is 0.456 e. The highest BCUT2D eigenvalue weighted by Crippen LogP contribution is 2.53. The SMILES string of the molecule is CC1(C)c2cc3ccccc3cc2-c2c(-c3cc(-c4ccccc4-c4ccc(-c5ccc6oc7ccccc7c6c5)cc4)nc(-c4ccccc4)n3)cccc21. The third-order valence-electron chi connectivity index (χ3n) is 11.7. The van der Waals surface area contributed by atoms with Crippen molar-refractivity contribution in [3.63, 3.8) is 0 Å². The van der Waals surface area contributed by atoms with Gasteiger partial charge >= 0.3 is 0 Å². The van der Waals surface area contributed by atoms with Crippen LogP contribution in [-0.2, 0) is 5.41 Å². The van der Waals surface area contributed by atoms with Crippen molar-refractivity contribution in [2.75, 3.05) is 0 Å². The molecule has 3 nitrogen and oxygen atoms in total. The maximum absolute atomic E-state index is 6.10. The van der Waals surface area contributed by atoms with Crippen LogP contribution in [0.1, 0.15) is 25.0 Å². The van der Waals surface area contributed by atoms with Crippen molar-refractivity contribution in [1.82, 2.24) is 9.97 Å². The number of aromatic nitrogens is 2. The average molecular weight is 717 g/mol. The summed E-state index contributed by atoms with van der Waals surface area (Å²) in [5, 5.41) is 4.77. The second-order valence-electron chi connectivity index (χ2n) is 15.4. The van der Waals surface area contributed by atoms with Crippen molar-refractivity contribution < 1.29 is 4.42 Å². The topological polar surface area (TPSA) is 38.9 Å². The van der Waals surface area contributed by atoms with Gasteiger partial charge in [-0.3, -0.25) is 0 Å². The molecule has 0 radical (unpaired) electrons. The zero-order valence-corrected chi connectivity index (χ0v) is 31.1. The Bertz CT molecular complexity index is 3150. The van der Waals surface area contributed by atoms with E-state index in [0.29, 0.717) is 5.82 Å². The van der Waals surface area contributed by atoms with Crippen LogP contribution in [0.25, 0.3) is 100.0 Å². The molecule has 1 aliphatic carbocycles. The van der Waals surface area contributed by atoms with E-state index in [9.17, 15) is 0 Å². The van der Waals surface area contributed by atoms with Gasteiger partial charge in [0.2, 0.25) is 0 Å². The van der Waals surface area contributed by atoms with E-state index < -0.39 is 0 Å². The number of rotatable bonds is 5. The summed E-state index contributed by atoms with van der Waals surface area (Å²) in [5.41, 5.74) is 16.4. The van der Waals surface area contributed by atoms with Gasteiger partial charge in [0, 0.05) is 32.9 Å². The lowest BCUT2D eigenvalue weighted by Crippen LogP contribution is -2.14. The number of fused-ring (bicyclic) bond motifs is 7. The Hall–Kier alpha value is -7.10. The summed E-state index contributed by atoms with van der Waals surface area (Å²) in [5.74, 6) is 0.707. The van der Waals surface area contributed by atoms with Crippen LogP contribution in [0, 0.1) is 0 Å². The monoisotopic (exact) mass is 716 g/mol. The van der Waals surface area contributed by atoms with Crippen molar-refractivity contribution in [3.05, 3.63) is 193 Å². The van der Waals surface area contributed by atoms with E-state index in [1.165, 1.54) is 33.0 Å². The van der Waals surface area contributed by atoms with Gasteiger partial charge < -0.3 is 4.42 Å². The van der Waals surface area contributed by atoms with Crippen molar-refractivity contribution >= 4 is 32.7 Å². The van der Waals surface area contributed by atoms with Crippen molar-refractivity contribution in [2.24, 2.45) is 0 Å². The minimum Gasteiger partial charge on any atom is -0.456 e. The minimum absolute atomic E-state index is 0.153. The first-order chi connectivity index (χ1) is 27.5. The van der Waals surface area contributed by atoms with E-state index in [2.05, 4.69) is 178 Å². The van der Waals surface area contributed by atoms with E-state index in [1.54, 1.807) is 0 Å². The van der Waals surface area contributed by atoms with Crippen LogP contribution in [0.2, 0.25) is 0 Å². The summed E-state index contributed by atoms with van der Waals surface area (Å²) in [6.07, 6.45) is 0. The number of nitrogens with zero attached hydrogens (tertiary/aromatic N) is 2. The smallest absolute Gasteiger partial charge is 0.160 e. The van der Waals surface area contributed by atoms with E-state index in [0.717, 1.165) is 72.3 Å². The summed E-state index contributed by atoms with van der Waals surface area (Å²) < 4.78 is 6.10. The van der Waals surface area contributed by atoms with Crippen LogP contribution in [0.4, 0.5) is 0 Å². The van der Waals surface area contributed by atoms with Gasteiger partial charge in [0.05, 0.1) is 11.4 Å². The van der Waals surface area contributed by atoms with E-state index in [1.807, 2.05) is 18.2 Å². The first-order valence-corrected chi connectivity index (χ1v) is 19.2. The zero-order valence-electron chi connectivity index (χ0n) is 31.1. The Morgan fingerprint density at radius 2 is 1.02 bits per heavy atom. The van der Waals surface area contributed by atoms with Crippen molar-refractivity contribution in [2.45, 2.75) is 19.3 Å². The van der Waals surface area contributed by atoms with Gasteiger partial charge in [-0.25, -0.2) is 9.97 Å². The summed E-state index contributed by atoms with van der Waals surface area (Å²) in [6.45, 7) is 4.69. The second-order valence-corrected chi connectivity index (χ2v) is 15.4. The lowest BCUT2D eigenvalue weighted by molar-refractivity contribution is 0.661. The third kappa shape index (κ3) is 5.12.